The predicted octanol–water partition coefficient (Wildman–Crippen LogP) is 0.724. The molecule has 0 bridgehead atoms. The molecule has 7 heteroatoms. The van der Waals surface area contributed by atoms with Crippen LogP contribution in [0.5, 0.6) is 0 Å². The van der Waals surface area contributed by atoms with Gasteiger partial charge in [0.15, 0.2) is 0 Å². The minimum Gasteiger partial charge on any atom is -0.481 e. The van der Waals surface area contributed by atoms with Crippen molar-refractivity contribution in [2.24, 2.45) is 5.92 Å². The van der Waals surface area contributed by atoms with E-state index in [4.69, 9.17) is 5.11 Å². The molecule has 0 amide bonds. The first kappa shape index (κ1) is 14.5. The highest BCUT2D eigenvalue weighted by Crippen LogP contribution is 2.22. The fourth-order valence-electron chi connectivity index (χ4n) is 2.66. The summed E-state index contributed by atoms with van der Waals surface area (Å²) in [5.74, 6) is -1.50. The van der Waals surface area contributed by atoms with Gasteiger partial charge in [0.25, 0.3) is 10.2 Å². The van der Waals surface area contributed by atoms with E-state index in [0.717, 1.165) is 19.3 Å². The van der Waals surface area contributed by atoms with Crippen molar-refractivity contribution >= 4 is 16.2 Å². The van der Waals surface area contributed by atoms with E-state index in [1.165, 1.54) is 4.31 Å². The summed E-state index contributed by atoms with van der Waals surface area (Å²) in [4.78, 5) is 10.8. The van der Waals surface area contributed by atoms with Crippen molar-refractivity contribution < 1.29 is 18.3 Å². The maximum Gasteiger partial charge on any atom is 0.310 e. The smallest absolute Gasteiger partial charge is 0.310 e. The lowest BCUT2D eigenvalue weighted by Crippen LogP contribution is -2.50. The van der Waals surface area contributed by atoms with E-state index in [-0.39, 0.29) is 12.5 Å². The number of carboxylic acid groups (broad SMARTS) is 1. The minimum absolute atomic E-state index is 0.00639. The lowest BCUT2D eigenvalue weighted by molar-refractivity contribution is -0.140. The highest BCUT2D eigenvalue weighted by molar-refractivity contribution is 7.87. The Bertz CT molecular complexity index is 474. The number of carbonyl (C=O) groups is 1. The third-order valence-electron chi connectivity index (χ3n) is 3.75. The van der Waals surface area contributed by atoms with Crippen LogP contribution in [0, 0.1) is 5.92 Å². The van der Waals surface area contributed by atoms with E-state index < -0.39 is 28.1 Å². The number of carboxylic acids is 1. The number of nitrogens with one attached hydrogen (secondary N) is 1. The first-order valence-electron chi connectivity index (χ1n) is 6.60. The van der Waals surface area contributed by atoms with Crippen molar-refractivity contribution in [3.05, 3.63) is 12.2 Å². The number of hydrogen-bond acceptors (Lipinski definition) is 3. The third-order valence-corrected chi connectivity index (χ3v) is 5.51. The van der Waals surface area contributed by atoms with Crippen molar-refractivity contribution in [3.63, 3.8) is 0 Å². The number of piperidine rings is 1. The largest absolute Gasteiger partial charge is 0.481 e. The van der Waals surface area contributed by atoms with Crippen molar-refractivity contribution in [1.82, 2.24) is 9.03 Å². The second-order valence-electron chi connectivity index (χ2n) is 5.25. The summed E-state index contributed by atoms with van der Waals surface area (Å²) in [5, 5.41) is 8.88. The van der Waals surface area contributed by atoms with E-state index in [9.17, 15) is 13.2 Å². The van der Waals surface area contributed by atoms with Crippen LogP contribution in [0.3, 0.4) is 0 Å². The summed E-state index contributed by atoms with van der Waals surface area (Å²) >= 11 is 0. The second kappa shape index (κ2) is 5.60. The topological polar surface area (TPSA) is 86.7 Å². The average Bonchev–Trinajstić information content (AvgIpc) is 2.77. The molecule has 0 radical (unpaired) electrons. The normalized spacial score (nSPS) is 32.6. The molecule has 0 aromatic heterocycles. The highest BCUT2D eigenvalue weighted by Gasteiger charge is 2.33. The Balaban J connectivity index is 1.98. The van der Waals surface area contributed by atoms with Gasteiger partial charge in [-0.15, -0.1) is 0 Å². The number of hydrogen-bond donors (Lipinski definition) is 2. The maximum absolute atomic E-state index is 12.3. The van der Waals surface area contributed by atoms with Gasteiger partial charge in [-0.05, 0) is 26.2 Å². The van der Waals surface area contributed by atoms with Crippen LogP contribution in [0.1, 0.15) is 32.6 Å². The molecule has 2 aliphatic rings. The molecule has 108 valence electrons. The molecular formula is C12H20N2O4S. The molecule has 0 aromatic carbocycles. The summed E-state index contributed by atoms with van der Waals surface area (Å²) in [6.07, 6.45) is 6.27. The SMILES string of the molecule is CC1CCCCN1S(=O)(=O)NC1C=CC(C(=O)O)C1. The Labute approximate surface area is 113 Å². The minimum atomic E-state index is -3.53. The molecule has 0 aromatic rings. The van der Waals surface area contributed by atoms with Gasteiger partial charge in [-0.1, -0.05) is 18.6 Å². The molecule has 19 heavy (non-hydrogen) atoms. The number of aliphatic carboxylic acids is 1. The number of rotatable bonds is 4. The van der Waals surface area contributed by atoms with Crippen LogP contribution in [0.15, 0.2) is 12.2 Å². The molecule has 1 aliphatic carbocycles. The lowest BCUT2D eigenvalue weighted by Gasteiger charge is -2.33. The molecule has 1 aliphatic heterocycles. The van der Waals surface area contributed by atoms with E-state index in [1.54, 1.807) is 12.2 Å². The zero-order chi connectivity index (χ0) is 14.0. The summed E-state index contributed by atoms with van der Waals surface area (Å²) < 4.78 is 28.6. The monoisotopic (exact) mass is 288 g/mol. The zero-order valence-electron chi connectivity index (χ0n) is 10.9. The van der Waals surface area contributed by atoms with Crippen molar-refractivity contribution in [1.29, 1.82) is 0 Å². The van der Waals surface area contributed by atoms with Gasteiger partial charge in [-0.25, -0.2) is 0 Å². The molecule has 3 unspecified atom stereocenters. The van der Waals surface area contributed by atoms with Gasteiger partial charge in [-0.2, -0.15) is 17.4 Å². The molecule has 2 rings (SSSR count). The molecule has 1 saturated heterocycles. The molecule has 1 fully saturated rings. The molecular weight excluding hydrogens is 268 g/mol. The van der Waals surface area contributed by atoms with Crippen LogP contribution in [-0.4, -0.2) is 42.4 Å². The van der Waals surface area contributed by atoms with Gasteiger partial charge in [-0.3, -0.25) is 4.79 Å². The van der Waals surface area contributed by atoms with E-state index >= 15 is 0 Å². The Kier molecular flexibility index (Phi) is 4.27. The second-order valence-corrected chi connectivity index (χ2v) is 6.91. The van der Waals surface area contributed by atoms with Gasteiger partial charge in [0.1, 0.15) is 0 Å². The van der Waals surface area contributed by atoms with Crippen LogP contribution in [-0.2, 0) is 15.0 Å². The molecule has 0 spiro atoms. The van der Waals surface area contributed by atoms with Crippen LogP contribution in [0.25, 0.3) is 0 Å². The summed E-state index contributed by atoms with van der Waals surface area (Å²) in [5.41, 5.74) is 0. The van der Waals surface area contributed by atoms with E-state index in [2.05, 4.69) is 4.72 Å². The van der Waals surface area contributed by atoms with Gasteiger partial charge < -0.3 is 5.11 Å². The van der Waals surface area contributed by atoms with Crippen LogP contribution < -0.4 is 4.72 Å². The first-order valence-corrected chi connectivity index (χ1v) is 8.04. The highest BCUT2D eigenvalue weighted by atomic mass is 32.2. The molecule has 0 saturated carbocycles. The van der Waals surface area contributed by atoms with Gasteiger partial charge in [0.05, 0.1) is 5.92 Å². The predicted molar refractivity (Wildman–Crippen MR) is 70.7 cm³/mol. The van der Waals surface area contributed by atoms with E-state index in [1.807, 2.05) is 6.92 Å². The maximum atomic E-state index is 12.3. The van der Waals surface area contributed by atoms with Gasteiger partial charge in [0, 0.05) is 18.6 Å². The molecule has 2 N–H and O–H groups in total. The summed E-state index contributed by atoms with van der Waals surface area (Å²) in [6, 6.07) is -0.410. The Morgan fingerprint density at radius 1 is 1.37 bits per heavy atom. The molecule has 6 nitrogen and oxygen atoms in total. The summed E-state index contributed by atoms with van der Waals surface area (Å²) in [6.45, 7) is 2.44. The number of nitrogens with zero attached hydrogens (tertiary/aromatic N) is 1. The average molecular weight is 288 g/mol. The first-order chi connectivity index (χ1) is 8.90. The quantitative estimate of drug-likeness (QED) is 0.746. The standard InChI is InChI=1S/C12H20N2O4S/c1-9-4-2-3-7-14(9)19(17,18)13-11-6-5-10(8-11)12(15)16/h5-6,9-11,13H,2-4,7-8H2,1H3,(H,15,16). The van der Waals surface area contributed by atoms with Gasteiger partial charge in [0.2, 0.25) is 0 Å². The van der Waals surface area contributed by atoms with Crippen LogP contribution in [0.2, 0.25) is 0 Å². The third kappa shape index (κ3) is 3.34. The molecule has 1 heterocycles. The fraction of sp³-hybridized carbons (Fsp3) is 0.750. The van der Waals surface area contributed by atoms with Crippen molar-refractivity contribution in [2.45, 2.75) is 44.7 Å². The Morgan fingerprint density at radius 3 is 2.68 bits per heavy atom. The molecule has 3 atom stereocenters. The van der Waals surface area contributed by atoms with Crippen molar-refractivity contribution in [3.8, 4) is 0 Å². The van der Waals surface area contributed by atoms with E-state index in [0.29, 0.717) is 6.54 Å². The Hall–Kier alpha value is -0.920. The van der Waals surface area contributed by atoms with Crippen molar-refractivity contribution in [2.75, 3.05) is 6.54 Å². The van der Waals surface area contributed by atoms with Gasteiger partial charge >= 0.3 is 5.97 Å². The zero-order valence-corrected chi connectivity index (χ0v) is 11.8. The lowest BCUT2D eigenvalue weighted by atomic mass is 10.1. The summed E-state index contributed by atoms with van der Waals surface area (Å²) in [7, 11) is -3.53. The van der Waals surface area contributed by atoms with Crippen LogP contribution in [0.4, 0.5) is 0 Å². The Morgan fingerprint density at radius 2 is 2.11 bits per heavy atom. The van der Waals surface area contributed by atoms with Crippen LogP contribution >= 0.6 is 0 Å². The fourth-order valence-corrected chi connectivity index (χ4v) is 4.30.